The van der Waals surface area contributed by atoms with Crippen LogP contribution >= 0.6 is 27.5 Å². The van der Waals surface area contributed by atoms with Gasteiger partial charge in [-0.25, -0.2) is 9.37 Å². The van der Waals surface area contributed by atoms with Crippen molar-refractivity contribution in [2.75, 3.05) is 5.32 Å². The lowest BCUT2D eigenvalue weighted by Crippen LogP contribution is -2.13. The summed E-state index contributed by atoms with van der Waals surface area (Å²) in [6.07, 6.45) is 1.56. The van der Waals surface area contributed by atoms with Crippen LogP contribution in [0.15, 0.2) is 41.1 Å². The Bertz CT molecular complexity index is 606. The van der Waals surface area contributed by atoms with Crippen molar-refractivity contribution in [3.63, 3.8) is 0 Å². The average Bonchev–Trinajstić information content (AvgIpc) is 2.34. The first kappa shape index (κ1) is 13.0. The van der Waals surface area contributed by atoms with E-state index >= 15 is 0 Å². The zero-order valence-electron chi connectivity index (χ0n) is 8.95. The van der Waals surface area contributed by atoms with E-state index in [0.717, 1.165) is 6.07 Å². The van der Waals surface area contributed by atoms with Gasteiger partial charge in [-0.2, -0.15) is 0 Å². The lowest BCUT2D eigenvalue weighted by atomic mass is 10.2. The minimum Gasteiger partial charge on any atom is -0.322 e. The molecule has 1 heterocycles. The molecular formula is C12H7BrClFN2O. The molecule has 0 aliphatic heterocycles. The molecule has 1 N–H and O–H groups in total. The van der Waals surface area contributed by atoms with Gasteiger partial charge in [-0.3, -0.25) is 4.79 Å². The maximum absolute atomic E-state index is 13.2. The minimum absolute atomic E-state index is 0.00978. The Hall–Kier alpha value is -1.46. The monoisotopic (exact) mass is 328 g/mol. The van der Waals surface area contributed by atoms with E-state index in [0.29, 0.717) is 15.9 Å². The van der Waals surface area contributed by atoms with Crippen molar-refractivity contribution >= 4 is 39.1 Å². The number of anilines is 1. The number of carbonyl (C=O) groups is 1. The standard InChI is InChI=1S/C12H7BrClFN2O/c13-11-8(2-1-5-16-11)12(18)17-7-3-4-9(14)10(15)6-7/h1-6H,(H,17,18). The Morgan fingerprint density at radius 3 is 2.83 bits per heavy atom. The topological polar surface area (TPSA) is 42.0 Å². The number of amides is 1. The van der Waals surface area contributed by atoms with Gasteiger partial charge in [-0.05, 0) is 46.3 Å². The Morgan fingerprint density at radius 1 is 1.39 bits per heavy atom. The zero-order valence-corrected chi connectivity index (χ0v) is 11.3. The molecule has 0 aliphatic rings. The van der Waals surface area contributed by atoms with E-state index < -0.39 is 5.82 Å². The molecule has 2 aromatic rings. The third kappa shape index (κ3) is 2.86. The Balaban J connectivity index is 2.22. The predicted molar refractivity (Wildman–Crippen MR) is 71.3 cm³/mol. The van der Waals surface area contributed by atoms with Crippen LogP contribution in [0.4, 0.5) is 10.1 Å². The fraction of sp³-hybridized carbons (Fsp3) is 0. The van der Waals surface area contributed by atoms with Crippen molar-refractivity contribution in [2.45, 2.75) is 0 Å². The van der Waals surface area contributed by atoms with Gasteiger partial charge in [0.1, 0.15) is 10.4 Å². The van der Waals surface area contributed by atoms with Crippen LogP contribution in [-0.4, -0.2) is 10.9 Å². The molecule has 0 saturated carbocycles. The highest BCUT2D eigenvalue weighted by Crippen LogP contribution is 2.20. The number of hydrogen-bond acceptors (Lipinski definition) is 2. The maximum Gasteiger partial charge on any atom is 0.258 e. The van der Waals surface area contributed by atoms with Crippen molar-refractivity contribution in [1.29, 1.82) is 0 Å². The van der Waals surface area contributed by atoms with Crippen molar-refractivity contribution in [2.24, 2.45) is 0 Å². The van der Waals surface area contributed by atoms with E-state index in [4.69, 9.17) is 11.6 Å². The van der Waals surface area contributed by atoms with Gasteiger partial charge in [0.15, 0.2) is 0 Å². The summed E-state index contributed by atoms with van der Waals surface area (Å²) in [4.78, 5) is 15.8. The molecule has 92 valence electrons. The summed E-state index contributed by atoms with van der Waals surface area (Å²) in [6.45, 7) is 0. The third-order valence-corrected chi connectivity index (χ3v) is 3.12. The number of nitrogens with one attached hydrogen (secondary N) is 1. The molecule has 0 aliphatic carbocycles. The summed E-state index contributed by atoms with van der Waals surface area (Å²) in [7, 11) is 0. The molecule has 6 heteroatoms. The van der Waals surface area contributed by atoms with Crippen LogP contribution in [-0.2, 0) is 0 Å². The summed E-state index contributed by atoms with van der Waals surface area (Å²) < 4.78 is 13.6. The van der Waals surface area contributed by atoms with Gasteiger partial charge in [0.2, 0.25) is 0 Å². The third-order valence-electron chi connectivity index (χ3n) is 2.18. The first-order valence-electron chi connectivity index (χ1n) is 4.95. The van der Waals surface area contributed by atoms with Crippen molar-refractivity contribution in [3.05, 3.63) is 57.5 Å². The highest BCUT2D eigenvalue weighted by atomic mass is 79.9. The molecule has 0 fully saturated rings. The molecule has 0 radical (unpaired) electrons. The number of rotatable bonds is 2. The predicted octanol–water partition coefficient (Wildman–Crippen LogP) is 3.89. The molecular weight excluding hydrogens is 322 g/mol. The van der Waals surface area contributed by atoms with E-state index in [1.807, 2.05) is 0 Å². The number of aromatic nitrogens is 1. The van der Waals surface area contributed by atoms with Gasteiger partial charge in [0, 0.05) is 11.9 Å². The molecule has 18 heavy (non-hydrogen) atoms. The van der Waals surface area contributed by atoms with Gasteiger partial charge < -0.3 is 5.32 Å². The number of hydrogen-bond donors (Lipinski definition) is 1. The molecule has 0 atom stereocenters. The summed E-state index contributed by atoms with van der Waals surface area (Å²) in [5, 5.41) is 2.57. The lowest BCUT2D eigenvalue weighted by molar-refractivity contribution is 0.102. The molecule has 0 unspecified atom stereocenters. The highest BCUT2D eigenvalue weighted by Gasteiger charge is 2.11. The zero-order chi connectivity index (χ0) is 13.1. The van der Waals surface area contributed by atoms with Crippen LogP contribution < -0.4 is 5.32 Å². The van der Waals surface area contributed by atoms with Crippen LogP contribution in [0.2, 0.25) is 5.02 Å². The van der Waals surface area contributed by atoms with E-state index in [9.17, 15) is 9.18 Å². The second-order valence-electron chi connectivity index (χ2n) is 3.42. The van der Waals surface area contributed by atoms with Gasteiger partial charge in [-0.1, -0.05) is 11.6 Å². The summed E-state index contributed by atoms with van der Waals surface area (Å²) >= 11 is 8.72. The van der Waals surface area contributed by atoms with Crippen LogP contribution in [0.25, 0.3) is 0 Å². The fourth-order valence-electron chi connectivity index (χ4n) is 1.33. The number of halogens is 3. The molecule has 1 aromatic carbocycles. The number of benzene rings is 1. The molecule has 0 saturated heterocycles. The number of nitrogens with zero attached hydrogens (tertiary/aromatic N) is 1. The van der Waals surface area contributed by atoms with E-state index in [2.05, 4.69) is 26.2 Å². The molecule has 1 amide bonds. The Kier molecular flexibility index (Phi) is 3.93. The molecule has 0 spiro atoms. The fourth-order valence-corrected chi connectivity index (χ4v) is 1.88. The normalized spacial score (nSPS) is 10.2. The Labute approximate surface area is 116 Å². The first-order valence-corrected chi connectivity index (χ1v) is 6.12. The SMILES string of the molecule is O=C(Nc1ccc(Cl)c(F)c1)c1cccnc1Br. The smallest absolute Gasteiger partial charge is 0.258 e. The minimum atomic E-state index is -0.584. The second-order valence-corrected chi connectivity index (χ2v) is 4.58. The number of carbonyl (C=O) groups excluding carboxylic acids is 1. The van der Waals surface area contributed by atoms with Crippen molar-refractivity contribution in [1.82, 2.24) is 4.98 Å². The first-order chi connectivity index (χ1) is 8.58. The van der Waals surface area contributed by atoms with Gasteiger partial charge >= 0.3 is 0 Å². The highest BCUT2D eigenvalue weighted by molar-refractivity contribution is 9.10. The summed E-state index contributed by atoms with van der Waals surface area (Å²) in [6, 6.07) is 7.31. The summed E-state index contributed by atoms with van der Waals surface area (Å²) in [5.74, 6) is -0.962. The number of pyridine rings is 1. The van der Waals surface area contributed by atoms with Crippen LogP contribution in [0, 0.1) is 5.82 Å². The molecule has 2 rings (SSSR count). The van der Waals surface area contributed by atoms with Gasteiger partial charge in [0.25, 0.3) is 5.91 Å². The molecule has 3 nitrogen and oxygen atoms in total. The van der Waals surface area contributed by atoms with E-state index in [1.165, 1.54) is 12.1 Å². The van der Waals surface area contributed by atoms with Crippen LogP contribution in [0.3, 0.4) is 0 Å². The van der Waals surface area contributed by atoms with Crippen LogP contribution in [0.5, 0.6) is 0 Å². The lowest BCUT2D eigenvalue weighted by Gasteiger charge is -2.06. The van der Waals surface area contributed by atoms with E-state index in [-0.39, 0.29) is 10.9 Å². The second kappa shape index (κ2) is 5.46. The van der Waals surface area contributed by atoms with Crippen molar-refractivity contribution in [3.8, 4) is 0 Å². The molecule has 1 aromatic heterocycles. The van der Waals surface area contributed by atoms with Gasteiger partial charge in [0.05, 0.1) is 10.6 Å². The largest absolute Gasteiger partial charge is 0.322 e. The van der Waals surface area contributed by atoms with Crippen LogP contribution in [0.1, 0.15) is 10.4 Å². The maximum atomic E-state index is 13.2. The summed E-state index contributed by atoms with van der Waals surface area (Å²) in [5.41, 5.74) is 0.700. The van der Waals surface area contributed by atoms with Gasteiger partial charge in [-0.15, -0.1) is 0 Å². The average molecular weight is 330 g/mol. The quantitative estimate of drug-likeness (QED) is 0.849. The van der Waals surface area contributed by atoms with Crippen molar-refractivity contribution < 1.29 is 9.18 Å². The van der Waals surface area contributed by atoms with E-state index in [1.54, 1.807) is 18.3 Å². The Morgan fingerprint density at radius 2 is 2.17 bits per heavy atom. The molecule has 0 bridgehead atoms.